The molecule has 0 bridgehead atoms. The number of nitrogens with zero attached hydrogens (tertiary/aromatic N) is 3. The third-order valence-electron chi connectivity index (χ3n) is 2.47. The van der Waals surface area contributed by atoms with Gasteiger partial charge in [-0.3, -0.25) is 0 Å². The van der Waals surface area contributed by atoms with E-state index in [1.807, 2.05) is 6.92 Å². The molecule has 1 aromatic heterocycles. The fourth-order valence-corrected chi connectivity index (χ4v) is 1.39. The SMILES string of the molecule is COc1nc(OC)nc(Oc2cccc(N)c2C)n1. The van der Waals surface area contributed by atoms with E-state index in [0.29, 0.717) is 11.4 Å². The molecule has 1 aromatic carbocycles. The van der Waals surface area contributed by atoms with Crippen molar-refractivity contribution in [2.75, 3.05) is 20.0 Å². The highest BCUT2D eigenvalue weighted by molar-refractivity contribution is 5.53. The zero-order valence-corrected chi connectivity index (χ0v) is 10.9. The second-order valence-corrected chi connectivity index (χ2v) is 3.66. The molecule has 0 saturated carbocycles. The van der Waals surface area contributed by atoms with E-state index >= 15 is 0 Å². The molecule has 2 N–H and O–H groups in total. The Morgan fingerprint density at radius 2 is 1.53 bits per heavy atom. The van der Waals surface area contributed by atoms with Crippen LogP contribution in [0.1, 0.15) is 5.56 Å². The summed E-state index contributed by atoms with van der Waals surface area (Å²) in [7, 11) is 2.90. The molecule has 2 aromatic rings. The van der Waals surface area contributed by atoms with E-state index in [1.165, 1.54) is 14.2 Å². The molecule has 100 valence electrons. The van der Waals surface area contributed by atoms with Crippen molar-refractivity contribution in [2.24, 2.45) is 0 Å². The third kappa shape index (κ3) is 2.82. The number of ether oxygens (including phenoxy) is 3. The number of aromatic nitrogens is 3. The third-order valence-corrected chi connectivity index (χ3v) is 2.47. The van der Waals surface area contributed by atoms with Crippen LogP contribution in [-0.2, 0) is 0 Å². The Morgan fingerprint density at radius 3 is 2.11 bits per heavy atom. The Balaban J connectivity index is 2.34. The number of benzene rings is 1. The van der Waals surface area contributed by atoms with Gasteiger partial charge < -0.3 is 19.9 Å². The Kier molecular flexibility index (Phi) is 3.65. The molecule has 0 aliphatic heterocycles. The molecule has 1 heterocycles. The van der Waals surface area contributed by atoms with E-state index < -0.39 is 0 Å². The van der Waals surface area contributed by atoms with E-state index in [0.717, 1.165) is 5.56 Å². The molecule has 19 heavy (non-hydrogen) atoms. The van der Waals surface area contributed by atoms with Gasteiger partial charge in [0.1, 0.15) is 5.75 Å². The van der Waals surface area contributed by atoms with Crippen LogP contribution >= 0.6 is 0 Å². The first kappa shape index (κ1) is 12.9. The van der Waals surface area contributed by atoms with E-state index in [2.05, 4.69) is 15.0 Å². The maximum Gasteiger partial charge on any atom is 0.331 e. The maximum absolute atomic E-state index is 5.80. The summed E-state index contributed by atoms with van der Waals surface area (Å²) in [6.45, 7) is 1.85. The number of methoxy groups -OCH3 is 2. The smallest absolute Gasteiger partial charge is 0.331 e. The highest BCUT2D eigenvalue weighted by Crippen LogP contribution is 2.27. The molecule has 0 aliphatic carbocycles. The van der Waals surface area contributed by atoms with E-state index in [4.69, 9.17) is 19.9 Å². The van der Waals surface area contributed by atoms with Crippen molar-refractivity contribution in [1.29, 1.82) is 0 Å². The van der Waals surface area contributed by atoms with Crippen molar-refractivity contribution in [3.8, 4) is 23.8 Å². The Labute approximate surface area is 110 Å². The summed E-state index contributed by atoms with van der Waals surface area (Å²) in [5.41, 5.74) is 7.24. The second kappa shape index (κ2) is 5.38. The lowest BCUT2D eigenvalue weighted by molar-refractivity contribution is 0.320. The Bertz CT molecular complexity index is 567. The quantitative estimate of drug-likeness (QED) is 0.836. The van der Waals surface area contributed by atoms with Crippen molar-refractivity contribution >= 4 is 5.69 Å². The predicted octanol–water partition coefficient (Wildman–Crippen LogP) is 1.57. The standard InChI is InChI=1S/C12H14N4O3/c1-7-8(13)5-4-6-9(7)19-12-15-10(17-2)14-11(16-12)18-3/h4-6H,13H2,1-3H3. The van der Waals surface area contributed by atoms with Gasteiger partial charge in [-0.1, -0.05) is 6.07 Å². The summed E-state index contributed by atoms with van der Waals surface area (Å²) >= 11 is 0. The highest BCUT2D eigenvalue weighted by Gasteiger charge is 2.11. The number of nitrogen functional groups attached to an aromatic ring is 1. The minimum Gasteiger partial charge on any atom is -0.467 e. The van der Waals surface area contributed by atoms with Gasteiger partial charge in [0.15, 0.2) is 0 Å². The average Bonchev–Trinajstić information content (AvgIpc) is 2.43. The molecule has 0 aliphatic rings. The van der Waals surface area contributed by atoms with Crippen LogP contribution in [0.4, 0.5) is 5.69 Å². The molecule has 0 saturated heterocycles. The van der Waals surface area contributed by atoms with Gasteiger partial charge >= 0.3 is 18.0 Å². The highest BCUT2D eigenvalue weighted by atomic mass is 16.5. The lowest BCUT2D eigenvalue weighted by Gasteiger charge is -2.09. The molecule has 0 amide bonds. The molecule has 7 nitrogen and oxygen atoms in total. The summed E-state index contributed by atoms with van der Waals surface area (Å²) in [6, 6.07) is 5.66. The van der Waals surface area contributed by atoms with Gasteiger partial charge in [0.2, 0.25) is 0 Å². The topological polar surface area (TPSA) is 92.4 Å². The lowest BCUT2D eigenvalue weighted by Crippen LogP contribution is -2.02. The second-order valence-electron chi connectivity index (χ2n) is 3.66. The molecule has 7 heteroatoms. The molecule has 0 spiro atoms. The van der Waals surface area contributed by atoms with Gasteiger partial charge in [-0.15, -0.1) is 15.0 Å². The van der Waals surface area contributed by atoms with Gasteiger partial charge in [-0.2, -0.15) is 0 Å². The maximum atomic E-state index is 5.80. The predicted molar refractivity (Wildman–Crippen MR) is 68.6 cm³/mol. The average molecular weight is 262 g/mol. The van der Waals surface area contributed by atoms with Crippen LogP contribution in [0.5, 0.6) is 23.8 Å². The van der Waals surface area contributed by atoms with E-state index in [1.54, 1.807) is 18.2 Å². The summed E-state index contributed by atoms with van der Waals surface area (Å²) in [4.78, 5) is 11.8. The van der Waals surface area contributed by atoms with Crippen molar-refractivity contribution in [3.05, 3.63) is 23.8 Å². The largest absolute Gasteiger partial charge is 0.467 e. The molecule has 2 rings (SSSR count). The first-order valence-electron chi connectivity index (χ1n) is 5.51. The lowest BCUT2D eigenvalue weighted by atomic mass is 10.2. The van der Waals surface area contributed by atoms with Crippen LogP contribution in [0.3, 0.4) is 0 Å². The number of hydrogen-bond acceptors (Lipinski definition) is 7. The molecule has 0 unspecified atom stereocenters. The van der Waals surface area contributed by atoms with E-state index in [-0.39, 0.29) is 18.0 Å². The van der Waals surface area contributed by atoms with Crippen LogP contribution in [0, 0.1) is 6.92 Å². The zero-order valence-electron chi connectivity index (χ0n) is 10.9. The fraction of sp³-hybridized carbons (Fsp3) is 0.250. The van der Waals surface area contributed by atoms with Gasteiger partial charge in [0, 0.05) is 11.3 Å². The first-order chi connectivity index (χ1) is 9.13. The van der Waals surface area contributed by atoms with Gasteiger partial charge in [0.25, 0.3) is 0 Å². The summed E-state index contributed by atoms with van der Waals surface area (Å²) in [5, 5.41) is 0. The van der Waals surface area contributed by atoms with E-state index in [9.17, 15) is 0 Å². The number of nitrogens with two attached hydrogens (primary N) is 1. The van der Waals surface area contributed by atoms with Crippen molar-refractivity contribution in [1.82, 2.24) is 15.0 Å². The van der Waals surface area contributed by atoms with Crippen LogP contribution in [0.2, 0.25) is 0 Å². The van der Waals surface area contributed by atoms with Crippen molar-refractivity contribution in [2.45, 2.75) is 6.92 Å². The number of hydrogen-bond donors (Lipinski definition) is 1. The van der Waals surface area contributed by atoms with Crippen molar-refractivity contribution < 1.29 is 14.2 Å². The summed E-state index contributed by atoms with van der Waals surface area (Å²) in [5.74, 6) is 0.565. The number of anilines is 1. The molecule has 0 fully saturated rings. The monoisotopic (exact) mass is 262 g/mol. The number of rotatable bonds is 4. The van der Waals surface area contributed by atoms with Gasteiger partial charge in [-0.25, -0.2) is 0 Å². The first-order valence-corrected chi connectivity index (χ1v) is 5.51. The summed E-state index contributed by atoms with van der Waals surface area (Å²) in [6.07, 6.45) is 0. The van der Waals surface area contributed by atoms with Crippen molar-refractivity contribution in [3.63, 3.8) is 0 Å². The Morgan fingerprint density at radius 1 is 0.947 bits per heavy atom. The Hall–Kier alpha value is -2.57. The van der Waals surface area contributed by atoms with Crippen LogP contribution in [-0.4, -0.2) is 29.2 Å². The molecular weight excluding hydrogens is 248 g/mol. The van der Waals surface area contributed by atoms with Gasteiger partial charge in [-0.05, 0) is 19.1 Å². The fourth-order valence-electron chi connectivity index (χ4n) is 1.39. The minimum absolute atomic E-state index is 0.0809. The molecule has 0 atom stereocenters. The van der Waals surface area contributed by atoms with Crippen LogP contribution < -0.4 is 19.9 Å². The zero-order chi connectivity index (χ0) is 13.8. The minimum atomic E-state index is 0.0809. The van der Waals surface area contributed by atoms with Crippen LogP contribution in [0.15, 0.2) is 18.2 Å². The van der Waals surface area contributed by atoms with Gasteiger partial charge in [0.05, 0.1) is 14.2 Å². The van der Waals surface area contributed by atoms with Crippen LogP contribution in [0.25, 0.3) is 0 Å². The summed E-state index contributed by atoms with van der Waals surface area (Å²) < 4.78 is 15.5. The normalized spacial score (nSPS) is 10.1. The molecular formula is C12H14N4O3. The molecule has 0 radical (unpaired) electrons.